The molecule has 134 valence electrons. The van der Waals surface area contributed by atoms with Crippen molar-refractivity contribution >= 4 is 40.1 Å². The van der Waals surface area contributed by atoms with E-state index in [4.69, 9.17) is 26.8 Å². The molecule has 0 atom stereocenters. The van der Waals surface area contributed by atoms with Crippen LogP contribution in [0.25, 0.3) is 0 Å². The molecular formula is C18H17ClN4O2S. The van der Waals surface area contributed by atoms with E-state index in [-0.39, 0.29) is 0 Å². The predicted molar refractivity (Wildman–Crippen MR) is 107 cm³/mol. The molecular weight excluding hydrogens is 372 g/mol. The highest BCUT2D eigenvalue weighted by Crippen LogP contribution is 2.29. The minimum atomic E-state index is 0.341. The number of nitrogens with zero attached hydrogens (tertiary/aromatic N) is 2. The fourth-order valence-electron chi connectivity index (χ4n) is 2.16. The van der Waals surface area contributed by atoms with Crippen molar-refractivity contribution in [2.24, 2.45) is 5.10 Å². The molecule has 0 aliphatic carbocycles. The van der Waals surface area contributed by atoms with Crippen LogP contribution in [0.2, 0.25) is 5.02 Å². The Morgan fingerprint density at radius 2 is 2.12 bits per heavy atom. The lowest BCUT2D eigenvalue weighted by atomic mass is 10.2. The number of nitrogens with two attached hydrogens (primary N) is 1. The zero-order valence-electron chi connectivity index (χ0n) is 14.0. The number of nitrogen functional groups attached to an aromatic ring is 1. The molecule has 0 saturated carbocycles. The molecule has 26 heavy (non-hydrogen) atoms. The molecule has 0 unspecified atom stereocenters. The molecule has 0 amide bonds. The van der Waals surface area contributed by atoms with Gasteiger partial charge < -0.3 is 15.2 Å². The van der Waals surface area contributed by atoms with E-state index in [0.29, 0.717) is 34.1 Å². The second-order valence-electron chi connectivity index (χ2n) is 5.24. The molecule has 3 aromatic rings. The molecule has 3 N–H and O–H groups in total. The maximum Gasteiger partial charge on any atom is 0.205 e. The van der Waals surface area contributed by atoms with Gasteiger partial charge in [-0.3, -0.25) is 5.43 Å². The average molecular weight is 389 g/mol. The molecule has 0 aliphatic rings. The number of thiazole rings is 1. The van der Waals surface area contributed by atoms with E-state index in [1.807, 2.05) is 42.5 Å². The van der Waals surface area contributed by atoms with E-state index in [9.17, 15) is 0 Å². The van der Waals surface area contributed by atoms with E-state index >= 15 is 0 Å². The van der Waals surface area contributed by atoms with Gasteiger partial charge in [0.15, 0.2) is 11.5 Å². The Bertz CT molecular complexity index is 914. The van der Waals surface area contributed by atoms with Crippen LogP contribution in [-0.2, 0) is 6.61 Å². The third-order valence-electron chi connectivity index (χ3n) is 3.42. The van der Waals surface area contributed by atoms with E-state index in [0.717, 1.165) is 11.1 Å². The summed E-state index contributed by atoms with van der Waals surface area (Å²) in [6, 6.07) is 13.1. The number of hydrogen-bond acceptors (Lipinski definition) is 7. The average Bonchev–Trinajstić information content (AvgIpc) is 3.06. The van der Waals surface area contributed by atoms with E-state index < -0.39 is 0 Å². The first-order chi connectivity index (χ1) is 12.7. The minimum Gasteiger partial charge on any atom is -0.493 e. The lowest BCUT2D eigenvalue weighted by Gasteiger charge is -2.12. The maximum atomic E-state index is 6.17. The molecule has 6 nitrogen and oxygen atoms in total. The van der Waals surface area contributed by atoms with Gasteiger partial charge in [0.05, 0.1) is 13.3 Å². The second-order valence-corrected chi connectivity index (χ2v) is 6.50. The molecule has 0 spiro atoms. The summed E-state index contributed by atoms with van der Waals surface area (Å²) in [4.78, 5) is 4.07. The summed E-state index contributed by atoms with van der Waals surface area (Å²) in [6.45, 7) is 0.341. The number of benzene rings is 2. The number of hydrazone groups is 1. The van der Waals surface area contributed by atoms with Crippen LogP contribution < -0.4 is 20.6 Å². The Hall–Kier alpha value is -2.77. The first kappa shape index (κ1) is 18.0. The number of nitrogens with one attached hydrogen (secondary N) is 1. The van der Waals surface area contributed by atoms with Gasteiger partial charge in [-0.1, -0.05) is 29.8 Å². The Labute approximate surface area is 160 Å². The topological polar surface area (TPSA) is 81.8 Å². The van der Waals surface area contributed by atoms with Gasteiger partial charge in [-0.15, -0.1) is 11.3 Å². The van der Waals surface area contributed by atoms with Gasteiger partial charge in [0.25, 0.3) is 0 Å². The Balaban J connectivity index is 1.70. The van der Waals surface area contributed by atoms with Crippen molar-refractivity contribution < 1.29 is 9.47 Å². The van der Waals surface area contributed by atoms with Crippen LogP contribution in [0, 0.1) is 0 Å². The van der Waals surface area contributed by atoms with Gasteiger partial charge in [0.2, 0.25) is 5.13 Å². The number of anilines is 2. The third kappa shape index (κ3) is 4.65. The molecule has 0 aliphatic heterocycles. The molecule has 0 bridgehead atoms. The van der Waals surface area contributed by atoms with Gasteiger partial charge in [-0.05, 0) is 29.8 Å². The zero-order chi connectivity index (χ0) is 18.4. The number of hydrogen-bond donors (Lipinski definition) is 2. The molecule has 0 radical (unpaired) electrons. The van der Waals surface area contributed by atoms with Crippen molar-refractivity contribution in [3.8, 4) is 11.5 Å². The van der Waals surface area contributed by atoms with Crippen LogP contribution in [0.1, 0.15) is 11.1 Å². The Morgan fingerprint density at radius 1 is 1.27 bits per heavy atom. The summed E-state index contributed by atoms with van der Waals surface area (Å²) in [7, 11) is 1.60. The minimum absolute atomic E-state index is 0.341. The first-order valence-electron chi connectivity index (χ1n) is 7.70. The van der Waals surface area contributed by atoms with Gasteiger partial charge >= 0.3 is 0 Å². The van der Waals surface area contributed by atoms with Crippen LogP contribution in [0.3, 0.4) is 0 Å². The lowest BCUT2D eigenvalue weighted by molar-refractivity contribution is 0.284. The molecule has 1 heterocycles. The van der Waals surface area contributed by atoms with E-state index in [1.165, 1.54) is 11.3 Å². The number of methoxy groups -OCH3 is 1. The smallest absolute Gasteiger partial charge is 0.205 e. The normalized spacial score (nSPS) is 10.8. The molecule has 0 saturated heterocycles. The summed E-state index contributed by atoms with van der Waals surface area (Å²) in [5, 5.41) is 7.19. The summed E-state index contributed by atoms with van der Waals surface area (Å²) >= 11 is 7.55. The quantitative estimate of drug-likeness (QED) is 0.462. The van der Waals surface area contributed by atoms with Crippen LogP contribution in [0.5, 0.6) is 11.5 Å². The van der Waals surface area contributed by atoms with Crippen molar-refractivity contribution in [1.29, 1.82) is 0 Å². The van der Waals surface area contributed by atoms with Crippen molar-refractivity contribution in [1.82, 2.24) is 4.98 Å². The molecule has 3 rings (SSSR count). The fraction of sp³-hybridized carbons (Fsp3) is 0.111. The van der Waals surface area contributed by atoms with Gasteiger partial charge in [0.1, 0.15) is 12.4 Å². The Morgan fingerprint density at radius 3 is 2.85 bits per heavy atom. The summed E-state index contributed by atoms with van der Waals surface area (Å²) in [5.41, 5.74) is 10.2. The van der Waals surface area contributed by atoms with Crippen LogP contribution in [-0.4, -0.2) is 18.3 Å². The molecule has 2 aromatic carbocycles. The number of ether oxygens (including phenoxy) is 2. The largest absolute Gasteiger partial charge is 0.493 e. The van der Waals surface area contributed by atoms with Crippen LogP contribution in [0.4, 0.5) is 10.9 Å². The number of halogens is 1. The summed E-state index contributed by atoms with van der Waals surface area (Å²) in [5.74, 6) is 1.71. The summed E-state index contributed by atoms with van der Waals surface area (Å²) in [6.07, 6.45) is 1.67. The molecule has 0 fully saturated rings. The molecule has 1 aromatic heterocycles. The fourth-order valence-corrected chi connectivity index (χ4v) is 2.90. The standard InChI is InChI=1S/C18H17ClN4O2S/c1-24-15-7-6-12(9-21-23-18-22-17(20)11-26-18)8-16(15)25-10-13-4-2-3-5-14(13)19/h2-9,11H,10,20H2,1H3,(H,22,23). The van der Waals surface area contributed by atoms with Gasteiger partial charge in [-0.25, -0.2) is 4.98 Å². The van der Waals surface area contributed by atoms with E-state index in [1.54, 1.807) is 18.7 Å². The zero-order valence-corrected chi connectivity index (χ0v) is 15.6. The highest BCUT2D eigenvalue weighted by molar-refractivity contribution is 7.14. The van der Waals surface area contributed by atoms with Crippen molar-refractivity contribution in [3.05, 3.63) is 64.0 Å². The lowest BCUT2D eigenvalue weighted by Crippen LogP contribution is -1.99. The number of aromatic nitrogens is 1. The molecule has 8 heteroatoms. The maximum absolute atomic E-state index is 6.17. The Kier molecular flexibility index (Phi) is 5.93. The monoisotopic (exact) mass is 388 g/mol. The van der Waals surface area contributed by atoms with Gasteiger partial charge in [0, 0.05) is 16.0 Å². The summed E-state index contributed by atoms with van der Waals surface area (Å²) < 4.78 is 11.2. The van der Waals surface area contributed by atoms with Crippen LogP contribution in [0.15, 0.2) is 52.9 Å². The highest BCUT2D eigenvalue weighted by Gasteiger charge is 2.07. The van der Waals surface area contributed by atoms with Crippen molar-refractivity contribution in [2.75, 3.05) is 18.3 Å². The van der Waals surface area contributed by atoms with Crippen molar-refractivity contribution in [3.63, 3.8) is 0 Å². The SMILES string of the molecule is COc1ccc(C=NNc2nc(N)cs2)cc1OCc1ccccc1Cl. The predicted octanol–water partition coefficient (Wildman–Crippen LogP) is 4.41. The number of rotatable bonds is 7. The highest BCUT2D eigenvalue weighted by atomic mass is 35.5. The first-order valence-corrected chi connectivity index (χ1v) is 8.96. The van der Waals surface area contributed by atoms with Crippen LogP contribution >= 0.6 is 22.9 Å². The second kappa shape index (κ2) is 8.55. The van der Waals surface area contributed by atoms with E-state index in [2.05, 4.69) is 15.5 Å². The van der Waals surface area contributed by atoms with Gasteiger partial charge in [-0.2, -0.15) is 5.10 Å². The van der Waals surface area contributed by atoms with Crippen molar-refractivity contribution in [2.45, 2.75) is 6.61 Å². The third-order valence-corrected chi connectivity index (χ3v) is 4.56.